The van der Waals surface area contributed by atoms with Crippen molar-refractivity contribution in [1.29, 1.82) is 0 Å². The van der Waals surface area contributed by atoms with Crippen LogP contribution in [0, 0.1) is 0 Å². The molecule has 1 fully saturated rings. The summed E-state index contributed by atoms with van der Waals surface area (Å²) >= 11 is 0. The first-order valence-corrected chi connectivity index (χ1v) is 8.86. The maximum Gasteiger partial charge on any atom is 0.251 e. The zero-order valence-corrected chi connectivity index (χ0v) is 14.8. The van der Waals surface area contributed by atoms with E-state index in [0.717, 1.165) is 24.2 Å². The van der Waals surface area contributed by atoms with E-state index < -0.39 is 0 Å². The van der Waals surface area contributed by atoms with Crippen molar-refractivity contribution < 1.29 is 9.32 Å². The molecule has 3 aromatic rings. The van der Waals surface area contributed by atoms with Gasteiger partial charge in [-0.15, -0.1) is 0 Å². The quantitative estimate of drug-likeness (QED) is 0.736. The van der Waals surface area contributed by atoms with Crippen LogP contribution in [0.15, 0.2) is 41.2 Å². The second kappa shape index (κ2) is 6.74. The van der Waals surface area contributed by atoms with Gasteiger partial charge in [0.25, 0.3) is 5.91 Å². The highest BCUT2D eigenvalue weighted by Crippen LogP contribution is 2.39. The van der Waals surface area contributed by atoms with Crippen molar-refractivity contribution in [2.75, 3.05) is 0 Å². The second-order valence-electron chi connectivity index (χ2n) is 6.84. The number of aromatic nitrogens is 4. The molecule has 1 aromatic carbocycles. The van der Waals surface area contributed by atoms with Crippen LogP contribution in [0.5, 0.6) is 0 Å². The lowest BCUT2D eigenvalue weighted by Gasteiger charge is -2.12. The van der Waals surface area contributed by atoms with E-state index >= 15 is 0 Å². The summed E-state index contributed by atoms with van der Waals surface area (Å²) in [4.78, 5) is 21.1. The average molecular weight is 351 g/mol. The second-order valence-corrected chi connectivity index (χ2v) is 6.84. The van der Waals surface area contributed by atoms with Crippen LogP contribution in [0.2, 0.25) is 0 Å². The monoisotopic (exact) mass is 351 g/mol. The normalized spacial score (nSPS) is 14.0. The van der Waals surface area contributed by atoms with Crippen LogP contribution in [-0.2, 0) is 6.54 Å². The topological polar surface area (TPSA) is 85.8 Å². The number of hydrogen-bond donors (Lipinski definition) is 1. The van der Waals surface area contributed by atoms with E-state index in [4.69, 9.17) is 4.52 Å². The van der Waals surface area contributed by atoms with Gasteiger partial charge < -0.3 is 14.4 Å². The summed E-state index contributed by atoms with van der Waals surface area (Å²) in [6, 6.07) is 7.52. The smallest absolute Gasteiger partial charge is 0.251 e. The van der Waals surface area contributed by atoms with Crippen LogP contribution < -0.4 is 5.32 Å². The molecule has 26 heavy (non-hydrogen) atoms. The van der Waals surface area contributed by atoms with Gasteiger partial charge in [0.15, 0.2) is 0 Å². The number of nitrogens with zero attached hydrogens (tertiary/aromatic N) is 4. The molecule has 1 aliphatic rings. The molecule has 1 N–H and O–H groups in total. The number of benzene rings is 1. The van der Waals surface area contributed by atoms with Crippen molar-refractivity contribution in [3.8, 4) is 11.4 Å². The molecule has 1 amide bonds. The lowest BCUT2D eigenvalue weighted by molar-refractivity contribution is 0.0949. The third-order valence-electron chi connectivity index (χ3n) is 4.49. The molecule has 1 saturated carbocycles. The highest BCUT2D eigenvalue weighted by molar-refractivity contribution is 5.94. The van der Waals surface area contributed by atoms with E-state index in [2.05, 4.69) is 34.3 Å². The fraction of sp³-hybridized carbons (Fsp3) is 0.368. The van der Waals surface area contributed by atoms with E-state index in [1.54, 1.807) is 18.3 Å². The van der Waals surface area contributed by atoms with Crippen molar-refractivity contribution in [2.45, 2.75) is 45.2 Å². The number of nitrogens with one attached hydrogen (secondary N) is 1. The van der Waals surface area contributed by atoms with Gasteiger partial charge in [-0.05, 0) is 38.8 Å². The third-order valence-corrected chi connectivity index (χ3v) is 4.49. The highest BCUT2D eigenvalue weighted by Gasteiger charge is 2.29. The predicted octanol–water partition coefficient (Wildman–Crippen LogP) is 3.32. The Morgan fingerprint density at radius 2 is 2.08 bits per heavy atom. The van der Waals surface area contributed by atoms with E-state index in [-0.39, 0.29) is 5.91 Å². The van der Waals surface area contributed by atoms with Gasteiger partial charge in [0.1, 0.15) is 5.82 Å². The van der Waals surface area contributed by atoms with Gasteiger partial charge >= 0.3 is 0 Å². The minimum Gasteiger partial charge on any atom is -0.345 e. The fourth-order valence-corrected chi connectivity index (χ4v) is 2.83. The minimum absolute atomic E-state index is 0.137. The van der Waals surface area contributed by atoms with Gasteiger partial charge in [0, 0.05) is 35.5 Å². The van der Waals surface area contributed by atoms with Gasteiger partial charge in [-0.25, -0.2) is 4.98 Å². The number of carbonyl (C=O) groups excluding carboxylic acids is 1. The molecule has 2 aromatic heterocycles. The van der Waals surface area contributed by atoms with Crippen molar-refractivity contribution >= 4 is 5.91 Å². The minimum atomic E-state index is -0.137. The summed E-state index contributed by atoms with van der Waals surface area (Å²) in [7, 11) is 0. The Labute approximate surface area is 151 Å². The van der Waals surface area contributed by atoms with Crippen molar-refractivity contribution in [3.05, 3.63) is 53.9 Å². The Hall–Kier alpha value is -2.96. The molecule has 0 aliphatic heterocycles. The summed E-state index contributed by atoms with van der Waals surface area (Å²) in [5.41, 5.74) is 1.43. The molecular formula is C19H21N5O2. The molecule has 134 valence electrons. The van der Waals surface area contributed by atoms with Crippen molar-refractivity contribution in [1.82, 2.24) is 25.0 Å². The Bertz CT molecular complexity index is 906. The number of amides is 1. The van der Waals surface area contributed by atoms with Gasteiger partial charge in [0.05, 0.1) is 6.54 Å². The summed E-state index contributed by atoms with van der Waals surface area (Å²) in [5.74, 6) is 2.41. The van der Waals surface area contributed by atoms with Gasteiger partial charge in [0.2, 0.25) is 11.7 Å². The standard InChI is InChI=1S/C19H21N5O2/c1-12(2)24-10-9-20-16(24)11-21-18(25)14-5-3-13(4-6-14)17-22-19(26-23-17)15-7-8-15/h3-6,9-10,12,15H,7-8,11H2,1-2H3,(H,21,25). The Kier molecular flexibility index (Phi) is 4.28. The maximum absolute atomic E-state index is 12.4. The number of imidazole rings is 1. The molecule has 0 radical (unpaired) electrons. The first-order valence-electron chi connectivity index (χ1n) is 8.86. The van der Waals surface area contributed by atoms with Crippen molar-refractivity contribution in [3.63, 3.8) is 0 Å². The van der Waals surface area contributed by atoms with E-state index in [0.29, 0.717) is 35.8 Å². The van der Waals surface area contributed by atoms with Gasteiger partial charge in [-0.3, -0.25) is 4.79 Å². The summed E-state index contributed by atoms with van der Waals surface area (Å²) in [5, 5.41) is 6.93. The van der Waals surface area contributed by atoms with Crippen LogP contribution >= 0.6 is 0 Å². The predicted molar refractivity (Wildman–Crippen MR) is 95.5 cm³/mol. The Morgan fingerprint density at radius 1 is 1.31 bits per heavy atom. The van der Waals surface area contributed by atoms with E-state index in [1.165, 1.54) is 0 Å². The molecule has 7 heteroatoms. The van der Waals surface area contributed by atoms with Crippen LogP contribution in [0.3, 0.4) is 0 Å². The number of hydrogen-bond acceptors (Lipinski definition) is 5. The number of carbonyl (C=O) groups is 1. The van der Waals surface area contributed by atoms with Gasteiger partial charge in [-0.2, -0.15) is 4.98 Å². The van der Waals surface area contributed by atoms with Crippen LogP contribution in [0.25, 0.3) is 11.4 Å². The molecule has 2 heterocycles. The fourth-order valence-electron chi connectivity index (χ4n) is 2.83. The average Bonchev–Trinajstić information content (AvgIpc) is 3.19. The van der Waals surface area contributed by atoms with Crippen LogP contribution in [0.1, 0.15) is 60.7 Å². The largest absolute Gasteiger partial charge is 0.345 e. The van der Waals surface area contributed by atoms with Gasteiger partial charge in [-0.1, -0.05) is 17.3 Å². The molecule has 7 nitrogen and oxygen atoms in total. The lowest BCUT2D eigenvalue weighted by Crippen LogP contribution is -2.25. The maximum atomic E-state index is 12.4. The molecule has 4 rings (SSSR count). The third kappa shape index (κ3) is 3.37. The first kappa shape index (κ1) is 16.5. The molecule has 0 atom stereocenters. The SMILES string of the molecule is CC(C)n1ccnc1CNC(=O)c1ccc(-c2noc(C3CC3)n2)cc1. The Morgan fingerprint density at radius 3 is 2.77 bits per heavy atom. The van der Waals surface area contributed by atoms with Crippen molar-refractivity contribution in [2.24, 2.45) is 0 Å². The molecule has 1 aliphatic carbocycles. The summed E-state index contributed by atoms with van der Waals surface area (Å²) < 4.78 is 7.32. The zero-order valence-electron chi connectivity index (χ0n) is 14.8. The molecular weight excluding hydrogens is 330 g/mol. The molecule has 0 bridgehead atoms. The molecule has 0 spiro atoms. The summed E-state index contributed by atoms with van der Waals surface area (Å²) in [6.45, 7) is 4.55. The van der Waals surface area contributed by atoms with E-state index in [1.807, 2.05) is 22.9 Å². The molecule has 0 saturated heterocycles. The van der Waals surface area contributed by atoms with Crippen LogP contribution in [-0.4, -0.2) is 25.6 Å². The Balaban J connectivity index is 1.41. The highest BCUT2D eigenvalue weighted by atomic mass is 16.5. The van der Waals surface area contributed by atoms with Crippen LogP contribution in [0.4, 0.5) is 0 Å². The zero-order chi connectivity index (χ0) is 18.1. The first-order chi connectivity index (χ1) is 12.6. The summed E-state index contributed by atoms with van der Waals surface area (Å²) in [6.07, 6.45) is 5.91. The van der Waals surface area contributed by atoms with E-state index in [9.17, 15) is 4.79 Å². The number of rotatable bonds is 6. The lowest BCUT2D eigenvalue weighted by atomic mass is 10.1. The molecule has 0 unspecified atom stereocenters.